The largest absolute Gasteiger partial charge is 0.337 e. The van der Waals surface area contributed by atoms with Gasteiger partial charge >= 0.3 is 11.7 Å². The van der Waals surface area contributed by atoms with E-state index in [0.717, 1.165) is 38.0 Å². The van der Waals surface area contributed by atoms with E-state index in [-0.39, 0.29) is 24.1 Å². The number of fused-ring (bicyclic) bond motifs is 1. The van der Waals surface area contributed by atoms with Gasteiger partial charge < -0.3 is 10.2 Å². The van der Waals surface area contributed by atoms with Crippen LogP contribution >= 0.6 is 12.4 Å². The monoisotopic (exact) mass is 420 g/mol. The van der Waals surface area contributed by atoms with Crippen LogP contribution in [0, 0.1) is 11.8 Å². The molecular formula is C22H33ClN4O2. The van der Waals surface area contributed by atoms with Gasteiger partial charge in [-0.05, 0) is 75.7 Å². The van der Waals surface area contributed by atoms with E-state index in [9.17, 15) is 9.59 Å². The van der Waals surface area contributed by atoms with E-state index < -0.39 is 0 Å². The van der Waals surface area contributed by atoms with Gasteiger partial charge in [0, 0.05) is 13.1 Å². The highest BCUT2D eigenvalue weighted by atomic mass is 35.5. The van der Waals surface area contributed by atoms with Gasteiger partial charge in [-0.2, -0.15) is 0 Å². The lowest BCUT2D eigenvalue weighted by Gasteiger charge is -2.31. The number of carbonyl (C=O) groups is 1. The molecule has 1 saturated carbocycles. The number of aromatic nitrogens is 2. The van der Waals surface area contributed by atoms with Crippen molar-refractivity contribution < 1.29 is 4.79 Å². The second kappa shape index (κ2) is 9.81. The van der Waals surface area contributed by atoms with Crippen molar-refractivity contribution in [3.63, 3.8) is 0 Å². The summed E-state index contributed by atoms with van der Waals surface area (Å²) in [5, 5.41) is 3.03. The van der Waals surface area contributed by atoms with Crippen LogP contribution in [0.2, 0.25) is 0 Å². The van der Waals surface area contributed by atoms with Gasteiger partial charge in [0.05, 0.1) is 11.0 Å². The molecule has 1 amide bonds. The molecule has 0 bridgehead atoms. The zero-order chi connectivity index (χ0) is 19.5. The molecule has 2 heterocycles. The number of para-hydroxylation sites is 2. The van der Waals surface area contributed by atoms with Gasteiger partial charge in [-0.25, -0.2) is 14.2 Å². The predicted octanol–water partition coefficient (Wildman–Crippen LogP) is 3.70. The number of unbranched alkanes of at least 4 members (excludes halogenated alkanes) is 1. The molecule has 6 nitrogen and oxygen atoms in total. The van der Waals surface area contributed by atoms with Crippen molar-refractivity contribution >= 4 is 29.5 Å². The summed E-state index contributed by atoms with van der Waals surface area (Å²) in [6, 6.07) is 7.34. The summed E-state index contributed by atoms with van der Waals surface area (Å²) in [6.45, 7) is 7.00. The number of halogens is 1. The molecule has 4 rings (SSSR count). The number of carbonyl (C=O) groups excluding carboxylic acids is 1. The Morgan fingerprint density at radius 3 is 2.41 bits per heavy atom. The Bertz CT molecular complexity index is 879. The number of nitrogens with one attached hydrogen (secondary N) is 1. The molecule has 1 N–H and O–H groups in total. The fourth-order valence-electron chi connectivity index (χ4n) is 4.25. The zero-order valence-electron chi connectivity index (χ0n) is 17.3. The van der Waals surface area contributed by atoms with Crippen LogP contribution in [0.5, 0.6) is 0 Å². The van der Waals surface area contributed by atoms with Crippen molar-refractivity contribution in [3.05, 3.63) is 34.7 Å². The van der Waals surface area contributed by atoms with Gasteiger partial charge in [-0.15, -0.1) is 12.4 Å². The summed E-state index contributed by atoms with van der Waals surface area (Å²) in [6.07, 6.45) is 7.07. The minimum absolute atomic E-state index is 0. The summed E-state index contributed by atoms with van der Waals surface area (Å²) in [5.74, 6) is 1.08. The van der Waals surface area contributed by atoms with Crippen molar-refractivity contribution in [2.75, 3.05) is 26.2 Å². The number of likely N-dealkylation sites (tertiary alicyclic amines) is 1. The summed E-state index contributed by atoms with van der Waals surface area (Å²) >= 11 is 0. The first-order chi connectivity index (χ1) is 13.7. The average molecular weight is 421 g/mol. The third kappa shape index (κ3) is 5.04. The molecule has 1 aromatic carbocycles. The molecule has 0 unspecified atom stereocenters. The number of imidazole rings is 1. The van der Waals surface area contributed by atoms with Gasteiger partial charge in [0.15, 0.2) is 0 Å². The van der Waals surface area contributed by atoms with Crippen molar-refractivity contribution in [1.29, 1.82) is 0 Å². The minimum atomic E-state index is -0.288. The average Bonchev–Trinajstić information content (AvgIpc) is 3.50. The molecule has 0 spiro atoms. The van der Waals surface area contributed by atoms with Crippen LogP contribution in [0.4, 0.5) is 4.79 Å². The molecular weight excluding hydrogens is 388 g/mol. The maximum absolute atomic E-state index is 12.9. The van der Waals surface area contributed by atoms with E-state index in [1.807, 2.05) is 24.3 Å². The smallest absolute Gasteiger partial charge is 0.337 e. The second-order valence-electron chi connectivity index (χ2n) is 8.49. The SMILES string of the molecule is CCCCN1CCC(CNC(=O)n2c(=O)n(CC3CC3)c3ccccc32)CC1.Cl. The fourth-order valence-corrected chi connectivity index (χ4v) is 4.25. The Morgan fingerprint density at radius 2 is 1.76 bits per heavy atom. The lowest BCUT2D eigenvalue weighted by atomic mass is 9.96. The van der Waals surface area contributed by atoms with Gasteiger partial charge in [0.1, 0.15) is 0 Å². The molecule has 0 atom stereocenters. The standard InChI is InChI=1S/C22H32N4O2.ClH/c1-2-3-12-24-13-10-17(11-14-24)15-23-21(27)26-20-7-5-4-6-19(20)25(22(26)28)16-18-8-9-18;/h4-7,17-18H,2-3,8-16H2,1H3,(H,23,27);1H. The first kappa shape index (κ1) is 21.9. The fraction of sp³-hybridized carbons (Fsp3) is 0.636. The Morgan fingerprint density at radius 1 is 1.07 bits per heavy atom. The van der Waals surface area contributed by atoms with E-state index in [4.69, 9.17) is 0 Å². The predicted molar refractivity (Wildman–Crippen MR) is 119 cm³/mol. The number of benzene rings is 1. The zero-order valence-corrected chi connectivity index (χ0v) is 18.1. The Hall–Kier alpha value is -1.79. The number of rotatable bonds is 7. The first-order valence-corrected chi connectivity index (χ1v) is 10.9. The minimum Gasteiger partial charge on any atom is -0.337 e. The van der Waals surface area contributed by atoms with Crippen molar-refractivity contribution in [3.8, 4) is 0 Å². The highest BCUT2D eigenvalue weighted by molar-refractivity contribution is 5.89. The van der Waals surface area contributed by atoms with Gasteiger partial charge in [-0.3, -0.25) is 4.57 Å². The maximum atomic E-state index is 12.9. The molecule has 0 radical (unpaired) electrons. The molecule has 2 aromatic rings. The number of hydrogen-bond donors (Lipinski definition) is 1. The van der Waals surface area contributed by atoms with E-state index in [1.54, 1.807) is 4.57 Å². The third-order valence-electron chi connectivity index (χ3n) is 6.25. The van der Waals surface area contributed by atoms with Gasteiger partial charge in [-0.1, -0.05) is 25.5 Å². The molecule has 2 aliphatic rings. The van der Waals surface area contributed by atoms with Crippen molar-refractivity contribution in [2.24, 2.45) is 11.8 Å². The quantitative estimate of drug-likeness (QED) is 0.742. The molecule has 1 aliphatic carbocycles. The third-order valence-corrected chi connectivity index (χ3v) is 6.25. The number of piperidine rings is 1. The summed E-state index contributed by atoms with van der Waals surface area (Å²) in [7, 11) is 0. The van der Waals surface area contributed by atoms with E-state index in [2.05, 4.69) is 17.1 Å². The Balaban J connectivity index is 0.00000240. The number of hydrogen-bond acceptors (Lipinski definition) is 3. The van der Waals surface area contributed by atoms with Crippen LogP contribution in [0.15, 0.2) is 29.1 Å². The van der Waals surface area contributed by atoms with Crippen LogP contribution in [-0.2, 0) is 6.54 Å². The Labute approximate surface area is 178 Å². The van der Waals surface area contributed by atoms with Gasteiger partial charge in [0.2, 0.25) is 0 Å². The van der Waals surface area contributed by atoms with Gasteiger partial charge in [0.25, 0.3) is 0 Å². The summed E-state index contributed by atoms with van der Waals surface area (Å²) in [5.41, 5.74) is 1.36. The molecule has 1 aliphatic heterocycles. The molecule has 1 aromatic heterocycles. The van der Waals surface area contributed by atoms with Crippen LogP contribution < -0.4 is 11.0 Å². The normalized spacial score (nSPS) is 18.0. The van der Waals surface area contributed by atoms with E-state index in [1.165, 1.54) is 36.8 Å². The lowest BCUT2D eigenvalue weighted by Crippen LogP contribution is -2.42. The highest BCUT2D eigenvalue weighted by Gasteiger charge is 2.26. The van der Waals surface area contributed by atoms with Crippen molar-refractivity contribution in [2.45, 2.75) is 52.0 Å². The topological polar surface area (TPSA) is 59.3 Å². The van der Waals surface area contributed by atoms with Crippen LogP contribution in [-0.4, -0.2) is 46.2 Å². The van der Waals surface area contributed by atoms with Crippen LogP contribution in [0.25, 0.3) is 11.0 Å². The maximum Gasteiger partial charge on any atom is 0.337 e. The summed E-state index contributed by atoms with van der Waals surface area (Å²) in [4.78, 5) is 28.3. The summed E-state index contributed by atoms with van der Waals surface area (Å²) < 4.78 is 3.10. The molecule has 7 heteroatoms. The molecule has 1 saturated heterocycles. The van der Waals surface area contributed by atoms with Crippen LogP contribution in [0.1, 0.15) is 45.4 Å². The highest BCUT2D eigenvalue weighted by Crippen LogP contribution is 2.31. The number of amides is 1. The molecule has 160 valence electrons. The lowest BCUT2D eigenvalue weighted by molar-refractivity contribution is 0.179. The molecule has 29 heavy (non-hydrogen) atoms. The van der Waals surface area contributed by atoms with Crippen molar-refractivity contribution in [1.82, 2.24) is 19.4 Å². The molecule has 2 fully saturated rings. The Kier molecular flexibility index (Phi) is 7.41. The van der Waals surface area contributed by atoms with E-state index in [0.29, 0.717) is 23.9 Å². The second-order valence-corrected chi connectivity index (χ2v) is 8.49. The first-order valence-electron chi connectivity index (χ1n) is 10.9. The number of nitrogens with zero attached hydrogens (tertiary/aromatic N) is 3. The van der Waals surface area contributed by atoms with E-state index >= 15 is 0 Å². The van der Waals surface area contributed by atoms with Crippen LogP contribution in [0.3, 0.4) is 0 Å².